The van der Waals surface area contributed by atoms with Crippen LogP contribution in [0.4, 0.5) is 4.39 Å². The Kier molecular flexibility index (Phi) is 5.52. The average molecular weight is 314 g/mol. The van der Waals surface area contributed by atoms with Crippen molar-refractivity contribution in [2.45, 2.75) is 13.3 Å². The number of rotatable bonds is 5. The molecule has 0 aliphatic carbocycles. The van der Waals surface area contributed by atoms with Gasteiger partial charge in [0.15, 0.2) is 0 Å². The van der Waals surface area contributed by atoms with Crippen molar-refractivity contribution in [1.29, 1.82) is 0 Å². The molecule has 0 bridgehead atoms. The Bertz CT molecular complexity index is 735. The lowest BCUT2D eigenvalue weighted by Crippen LogP contribution is -2.08. The Morgan fingerprint density at radius 3 is 2.57 bits per heavy atom. The number of hydrogen-bond acceptors (Lipinski definition) is 3. The zero-order valence-corrected chi connectivity index (χ0v) is 13.4. The summed E-state index contributed by atoms with van der Waals surface area (Å²) in [5, 5.41) is 0. The molecule has 3 nitrogen and oxygen atoms in total. The van der Waals surface area contributed by atoms with Gasteiger partial charge in [-0.15, -0.1) is 0 Å². The third kappa shape index (κ3) is 3.97. The Morgan fingerprint density at radius 1 is 1.17 bits per heavy atom. The fourth-order valence-corrected chi connectivity index (χ4v) is 2.37. The minimum absolute atomic E-state index is 0.275. The van der Waals surface area contributed by atoms with Crippen molar-refractivity contribution in [3.8, 4) is 11.1 Å². The summed E-state index contributed by atoms with van der Waals surface area (Å²) >= 11 is 0. The first kappa shape index (κ1) is 16.7. The zero-order valence-electron chi connectivity index (χ0n) is 13.4. The lowest BCUT2D eigenvalue weighted by atomic mass is 9.95. The number of methoxy groups -OCH3 is 2. The number of aryl methyl sites for hydroxylation is 1. The van der Waals surface area contributed by atoms with Crippen LogP contribution < -0.4 is 0 Å². The van der Waals surface area contributed by atoms with Gasteiger partial charge in [0.1, 0.15) is 5.82 Å². The Labute approximate surface area is 135 Å². The van der Waals surface area contributed by atoms with Crippen LogP contribution in [0, 0.1) is 12.7 Å². The first-order valence-electron chi connectivity index (χ1n) is 7.21. The van der Waals surface area contributed by atoms with E-state index in [1.165, 1.54) is 26.5 Å². The molecule has 0 aromatic heterocycles. The van der Waals surface area contributed by atoms with E-state index in [0.717, 1.165) is 16.7 Å². The maximum Gasteiger partial charge on any atom is 0.337 e. The molecule has 0 radical (unpaired) electrons. The number of ether oxygens (including phenoxy) is 2. The smallest absolute Gasteiger partial charge is 0.337 e. The highest BCUT2D eigenvalue weighted by molar-refractivity contribution is 5.88. The highest BCUT2D eigenvalue weighted by Gasteiger charge is 2.14. The molecule has 0 unspecified atom stereocenters. The van der Waals surface area contributed by atoms with Gasteiger partial charge in [-0.2, -0.15) is 0 Å². The van der Waals surface area contributed by atoms with Crippen molar-refractivity contribution in [2.75, 3.05) is 14.2 Å². The van der Waals surface area contributed by atoms with Gasteiger partial charge in [-0.05, 0) is 29.7 Å². The van der Waals surface area contributed by atoms with Gasteiger partial charge in [0.25, 0.3) is 0 Å². The molecular formula is C19H19FO3. The van der Waals surface area contributed by atoms with Crippen molar-refractivity contribution >= 4 is 5.97 Å². The number of hydrogen-bond donors (Lipinski definition) is 0. The fraction of sp³-hybridized carbons (Fsp3) is 0.211. The molecule has 2 aromatic rings. The fourth-order valence-electron chi connectivity index (χ4n) is 2.37. The van der Waals surface area contributed by atoms with Gasteiger partial charge in [0, 0.05) is 12.0 Å². The molecule has 0 saturated carbocycles. The predicted octanol–water partition coefficient (Wildman–Crippen LogP) is 4.05. The first-order valence-corrected chi connectivity index (χ1v) is 7.21. The van der Waals surface area contributed by atoms with Gasteiger partial charge in [-0.25, -0.2) is 9.18 Å². The summed E-state index contributed by atoms with van der Waals surface area (Å²) < 4.78 is 23.7. The lowest BCUT2D eigenvalue weighted by Gasteiger charge is -2.11. The Morgan fingerprint density at radius 2 is 1.91 bits per heavy atom. The monoisotopic (exact) mass is 314 g/mol. The van der Waals surface area contributed by atoms with Gasteiger partial charge >= 0.3 is 5.97 Å². The molecule has 0 heterocycles. The molecule has 0 aliphatic rings. The van der Waals surface area contributed by atoms with Crippen molar-refractivity contribution in [3.63, 3.8) is 0 Å². The number of benzene rings is 2. The van der Waals surface area contributed by atoms with Crippen LogP contribution in [0.5, 0.6) is 0 Å². The van der Waals surface area contributed by atoms with Gasteiger partial charge < -0.3 is 9.47 Å². The minimum atomic E-state index is -0.442. The molecule has 2 rings (SSSR count). The molecule has 2 aromatic carbocycles. The van der Waals surface area contributed by atoms with Crippen molar-refractivity contribution in [3.05, 3.63) is 71.2 Å². The van der Waals surface area contributed by atoms with E-state index >= 15 is 0 Å². The second kappa shape index (κ2) is 7.58. The maximum atomic E-state index is 14.0. The molecule has 120 valence electrons. The average Bonchev–Trinajstić information content (AvgIpc) is 2.56. The Balaban J connectivity index is 2.40. The highest BCUT2D eigenvalue weighted by Crippen LogP contribution is 2.26. The van der Waals surface area contributed by atoms with Crippen LogP contribution in [0.2, 0.25) is 0 Å². The van der Waals surface area contributed by atoms with Gasteiger partial charge in [-0.3, -0.25) is 0 Å². The van der Waals surface area contributed by atoms with Gasteiger partial charge in [0.05, 0.1) is 26.1 Å². The molecule has 0 saturated heterocycles. The van der Waals surface area contributed by atoms with Crippen LogP contribution in [0.15, 0.2) is 54.3 Å². The van der Waals surface area contributed by atoms with E-state index in [1.54, 1.807) is 18.2 Å². The van der Waals surface area contributed by atoms with Crippen LogP contribution in [-0.2, 0) is 20.7 Å². The number of esters is 1. The van der Waals surface area contributed by atoms with Crippen LogP contribution in [0.1, 0.15) is 11.1 Å². The number of carbonyl (C=O) groups excluding carboxylic acids is 1. The predicted molar refractivity (Wildman–Crippen MR) is 87.4 cm³/mol. The molecule has 0 fully saturated rings. The first-order chi connectivity index (χ1) is 11.1. The molecule has 4 heteroatoms. The molecule has 0 N–H and O–H groups in total. The van der Waals surface area contributed by atoms with E-state index in [4.69, 9.17) is 9.47 Å². The van der Waals surface area contributed by atoms with E-state index in [1.807, 2.05) is 25.1 Å². The van der Waals surface area contributed by atoms with Crippen molar-refractivity contribution in [1.82, 2.24) is 0 Å². The summed E-state index contributed by atoms with van der Waals surface area (Å²) in [4.78, 5) is 11.8. The van der Waals surface area contributed by atoms with Crippen molar-refractivity contribution < 1.29 is 18.7 Å². The largest absolute Gasteiger partial charge is 0.504 e. The summed E-state index contributed by atoms with van der Waals surface area (Å²) in [6.07, 6.45) is 1.73. The van der Waals surface area contributed by atoms with E-state index in [2.05, 4.69) is 0 Å². The lowest BCUT2D eigenvalue weighted by molar-refractivity contribution is -0.136. The summed E-state index contributed by atoms with van der Waals surface area (Å²) in [6, 6.07) is 12.3. The molecule has 0 amide bonds. The minimum Gasteiger partial charge on any atom is -0.504 e. The van der Waals surface area contributed by atoms with Gasteiger partial charge in [-0.1, -0.05) is 36.4 Å². The standard InChI is InChI=1S/C19H19FO3/c1-13-8-9-14(17-6-4-5-7-18(17)20)10-15(13)11-16(12-22-2)19(21)23-3/h4-10,12H,11H2,1-3H3/b16-12+. The SMILES string of the molecule is CO/C=C(\Cc1cc(-c2ccccc2F)ccc1C)C(=O)OC. The summed E-state index contributed by atoms with van der Waals surface area (Å²) in [7, 11) is 2.81. The third-order valence-corrected chi connectivity index (χ3v) is 3.62. The van der Waals surface area contributed by atoms with Crippen LogP contribution in [-0.4, -0.2) is 20.2 Å². The Hall–Kier alpha value is -2.62. The molecule has 0 spiro atoms. The normalized spacial score (nSPS) is 11.2. The van der Waals surface area contributed by atoms with E-state index in [9.17, 15) is 9.18 Å². The summed E-state index contributed by atoms with van der Waals surface area (Å²) in [5.74, 6) is -0.717. The second-order valence-electron chi connectivity index (χ2n) is 5.17. The topological polar surface area (TPSA) is 35.5 Å². The summed E-state index contributed by atoms with van der Waals surface area (Å²) in [5.41, 5.74) is 3.63. The second-order valence-corrected chi connectivity index (χ2v) is 5.17. The molecule has 0 atom stereocenters. The summed E-state index contributed by atoms with van der Waals surface area (Å²) in [6.45, 7) is 1.95. The molecular weight excluding hydrogens is 295 g/mol. The quantitative estimate of drug-likeness (QED) is 0.474. The molecule has 23 heavy (non-hydrogen) atoms. The third-order valence-electron chi connectivity index (χ3n) is 3.62. The zero-order chi connectivity index (χ0) is 16.8. The van der Waals surface area contributed by atoms with Crippen LogP contribution in [0.3, 0.4) is 0 Å². The van der Waals surface area contributed by atoms with Crippen LogP contribution >= 0.6 is 0 Å². The van der Waals surface area contributed by atoms with E-state index < -0.39 is 5.97 Å². The van der Waals surface area contributed by atoms with Crippen molar-refractivity contribution in [2.24, 2.45) is 0 Å². The number of halogens is 1. The van der Waals surface area contributed by atoms with E-state index in [-0.39, 0.29) is 5.82 Å². The number of carbonyl (C=O) groups is 1. The highest BCUT2D eigenvalue weighted by atomic mass is 19.1. The molecule has 0 aliphatic heterocycles. The van der Waals surface area contributed by atoms with Gasteiger partial charge in [0.2, 0.25) is 0 Å². The van der Waals surface area contributed by atoms with E-state index in [0.29, 0.717) is 17.6 Å². The maximum absolute atomic E-state index is 14.0. The van der Waals surface area contributed by atoms with Crippen LogP contribution in [0.25, 0.3) is 11.1 Å².